The Bertz CT molecular complexity index is 1220. The first-order valence-electron chi connectivity index (χ1n) is 12.6. The summed E-state index contributed by atoms with van der Waals surface area (Å²) in [5.74, 6) is 1.22. The van der Waals surface area contributed by atoms with Gasteiger partial charge in [0, 0.05) is 24.7 Å². The van der Waals surface area contributed by atoms with Gasteiger partial charge in [-0.3, -0.25) is 14.5 Å². The summed E-state index contributed by atoms with van der Waals surface area (Å²) in [4.78, 5) is 30.6. The summed E-state index contributed by atoms with van der Waals surface area (Å²) in [6.07, 6.45) is 5.00. The van der Waals surface area contributed by atoms with Crippen LogP contribution in [0.25, 0.3) is 5.69 Å². The van der Waals surface area contributed by atoms with Gasteiger partial charge in [0.1, 0.15) is 24.1 Å². The molecule has 1 aromatic heterocycles. The number of amides is 2. The van der Waals surface area contributed by atoms with Gasteiger partial charge < -0.3 is 18.9 Å². The number of carbonyl (C=O) groups is 2. The van der Waals surface area contributed by atoms with E-state index in [2.05, 4.69) is 11.5 Å². The van der Waals surface area contributed by atoms with Crippen molar-refractivity contribution in [1.82, 2.24) is 9.47 Å². The Morgan fingerprint density at radius 3 is 2.42 bits per heavy atom. The van der Waals surface area contributed by atoms with E-state index in [1.807, 2.05) is 72.6 Å². The Balaban J connectivity index is 1.84. The van der Waals surface area contributed by atoms with Crippen LogP contribution in [0.3, 0.4) is 0 Å². The van der Waals surface area contributed by atoms with Gasteiger partial charge in [0.25, 0.3) is 0 Å². The van der Waals surface area contributed by atoms with Crippen LogP contribution in [0.15, 0.2) is 60.8 Å². The first-order valence-corrected chi connectivity index (χ1v) is 12.6. The average molecular weight is 490 g/mol. The maximum atomic E-state index is 14.2. The van der Waals surface area contributed by atoms with E-state index in [0.717, 1.165) is 41.9 Å². The fraction of sp³-hybridized carbons (Fsp3) is 0.379. The smallest absolute Gasteiger partial charge is 0.247 e. The molecule has 7 heteroatoms. The average Bonchev–Trinajstić information content (AvgIpc) is 3.40. The summed E-state index contributed by atoms with van der Waals surface area (Å²) < 4.78 is 13.4. The van der Waals surface area contributed by atoms with E-state index in [1.54, 1.807) is 19.1 Å². The van der Waals surface area contributed by atoms with Crippen molar-refractivity contribution in [2.24, 2.45) is 0 Å². The van der Waals surface area contributed by atoms with Crippen molar-refractivity contribution in [3.8, 4) is 17.2 Å². The van der Waals surface area contributed by atoms with Crippen LogP contribution in [0.2, 0.25) is 0 Å². The largest absolute Gasteiger partial charge is 0.497 e. The molecule has 0 bridgehead atoms. The molecule has 0 aliphatic carbocycles. The van der Waals surface area contributed by atoms with Crippen LogP contribution in [-0.4, -0.2) is 48.6 Å². The predicted molar refractivity (Wildman–Crippen MR) is 141 cm³/mol. The molecule has 3 aromatic rings. The minimum atomic E-state index is -0.457. The van der Waals surface area contributed by atoms with Crippen molar-refractivity contribution < 1.29 is 19.1 Å². The third kappa shape index (κ3) is 4.83. The SMILES string of the molecule is CCCCN(CC(=O)N1c2ccccc2-n2cccc2C1c1cc(OC)ccc1OC)C(=O)CCC. The zero-order valence-corrected chi connectivity index (χ0v) is 21.6. The number of hydrogen-bond acceptors (Lipinski definition) is 4. The van der Waals surface area contributed by atoms with Gasteiger partial charge in [-0.1, -0.05) is 32.4 Å². The van der Waals surface area contributed by atoms with Gasteiger partial charge >= 0.3 is 0 Å². The van der Waals surface area contributed by atoms with Gasteiger partial charge in [-0.05, 0) is 55.3 Å². The van der Waals surface area contributed by atoms with Gasteiger partial charge in [0.15, 0.2) is 0 Å². The lowest BCUT2D eigenvalue weighted by Gasteiger charge is -2.40. The Hall–Kier alpha value is -3.74. The van der Waals surface area contributed by atoms with Gasteiger partial charge in [-0.25, -0.2) is 0 Å². The Morgan fingerprint density at radius 2 is 1.72 bits per heavy atom. The summed E-state index contributed by atoms with van der Waals surface area (Å²) >= 11 is 0. The van der Waals surface area contributed by atoms with Crippen molar-refractivity contribution in [3.05, 3.63) is 72.1 Å². The molecule has 190 valence electrons. The van der Waals surface area contributed by atoms with Crippen LogP contribution in [0, 0.1) is 0 Å². The number of unbranched alkanes of at least 4 members (excludes halogenated alkanes) is 1. The molecule has 36 heavy (non-hydrogen) atoms. The van der Waals surface area contributed by atoms with Crippen molar-refractivity contribution >= 4 is 17.5 Å². The van der Waals surface area contributed by atoms with E-state index < -0.39 is 6.04 Å². The summed E-state index contributed by atoms with van der Waals surface area (Å²) in [7, 11) is 3.25. The number of hydrogen-bond donors (Lipinski definition) is 0. The Morgan fingerprint density at radius 1 is 0.944 bits per heavy atom. The molecule has 0 radical (unpaired) electrons. The molecule has 2 aromatic carbocycles. The third-order valence-corrected chi connectivity index (χ3v) is 6.64. The lowest BCUT2D eigenvalue weighted by atomic mass is 9.96. The van der Waals surface area contributed by atoms with Gasteiger partial charge in [0.2, 0.25) is 11.8 Å². The highest BCUT2D eigenvalue weighted by atomic mass is 16.5. The standard InChI is InChI=1S/C29H35N3O4/c1-5-7-17-30(27(33)11-6-2)20-28(34)32-24-13-9-8-12-23(24)31-18-10-14-25(31)29(32)22-19-21(35-3)15-16-26(22)36-4/h8-10,12-16,18-19,29H,5-7,11,17,20H2,1-4H3. The van der Waals surface area contributed by atoms with Gasteiger partial charge in [0.05, 0.1) is 31.3 Å². The number of carbonyl (C=O) groups excluding carboxylic acids is 2. The summed E-state index contributed by atoms with van der Waals surface area (Å²) in [5.41, 5.74) is 3.47. The third-order valence-electron chi connectivity index (χ3n) is 6.64. The van der Waals surface area contributed by atoms with Gasteiger partial charge in [-0.15, -0.1) is 0 Å². The second-order valence-electron chi connectivity index (χ2n) is 8.98. The number of nitrogens with zero attached hydrogens (tertiary/aromatic N) is 3. The summed E-state index contributed by atoms with van der Waals surface area (Å²) in [5, 5.41) is 0. The molecule has 1 aliphatic heterocycles. The summed E-state index contributed by atoms with van der Waals surface area (Å²) in [6.45, 7) is 4.67. The second-order valence-corrected chi connectivity index (χ2v) is 8.98. The normalized spacial score (nSPS) is 14.1. The predicted octanol–water partition coefficient (Wildman–Crippen LogP) is 5.36. The van der Waals surface area contributed by atoms with E-state index in [4.69, 9.17) is 9.47 Å². The molecule has 0 N–H and O–H groups in total. The molecule has 0 saturated carbocycles. The lowest BCUT2D eigenvalue weighted by molar-refractivity contribution is -0.135. The highest BCUT2D eigenvalue weighted by Gasteiger charge is 2.38. The molecular formula is C29H35N3O4. The van der Waals surface area contributed by atoms with E-state index in [1.165, 1.54) is 0 Å². The molecule has 2 heterocycles. The Labute approximate surface area is 213 Å². The monoisotopic (exact) mass is 489 g/mol. The van der Waals surface area contributed by atoms with Crippen LogP contribution in [-0.2, 0) is 9.59 Å². The minimum absolute atomic E-state index is 0.0171. The van der Waals surface area contributed by atoms with Crippen molar-refractivity contribution in [2.75, 3.05) is 32.2 Å². The van der Waals surface area contributed by atoms with E-state index in [0.29, 0.717) is 24.5 Å². The van der Waals surface area contributed by atoms with E-state index >= 15 is 0 Å². The number of ether oxygens (including phenoxy) is 2. The quantitative estimate of drug-likeness (QED) is 0.385. The summed E-state index contributed by atoms with van der Waals surface area (Å²) in [6, 6.07) is 17.1. The van der Waals surface area contributed by atoms with Crippen LogP contribution in [0.1, 0.15) is 56.8 Å². The van der Waals surface area contributed by atoms with Crippen LogP contribution < -0.4 is 14.4 Å². The molecular weight excluding hydrogens is 454 g/mol. The van der Waals surface area contributed by atoms with Crippen LogP contribution in [0.5, 0.6) is 11.5 Å². The number of methoxy groups -OCH3 is 2. The molecule has 7 nitrogen and oxygen atoms in total. The van der Waals surface area contributed by atoms with E-state index in [9.17, 15) is 9.59 Å². The van der Waals surface area contributed by atoms with Crippen molar-refractivity contribution in [2.45, 2.75) is 45.6 Å². The maximum absolute atomic E-state index is 14.2. The zero-order valence-electron chi connectivity index (χ0n) is 21.6. The molecule has 4 rings (SSSR count). The molecule has 0 fully saturated rings. The highest BCUT2D eigenvalue weighted by molar-refractivity contribution is 6.00. The van der Waals surface area contributed by atoms with Crippen molar-refractivity contribution in [1.29, 1.82) is 0 Å². The molecule has 2 amide bonds. The number of aromatic nitrogens is 1. The molecule has 1 unspecified atom stereocenters. The first kappa shape index (κ1) is 25.4. The topological polar surface area (TPSA) is 64.0 Å². The fourth-order valence-corrected chi connectivity index (χ4v) is 4.86. The number of anilines is 1. The van der Waals surface area contributed by atoms with Crippen molar-refractivity contribution in [3.63, 3.8) is 0 Å². The fourth-order valence-electron chi connectivity index (χ4n) is 4.86. The number of fused-ring (bicyclic) bond motifs is 3. The number of rotatable bonds is 10. The first-order chi connectivity index (χ1) is 17.5. The minimum Gasteiger partial charge on any atom is -0.497 e. The molecule has 1 aliphatic rings. The molecule has 0 spiro atoms. The van der Waals surface area contributed by atoms with Gasteiger partial charge in [-0.2, -0.15) is 0 Å². The Kier molecular flexibility index (Phi) is 7.98. The number of benzene rings is 2. The molecule has 1 atom stereocenters. The lowest BCUT2D eigenvalue weighted by Crippen LogP contribution is -2.47. The van der Waals surface area contributed by atoms with E-state index in [-0.39, 0.29) is 18.4 Å². The zero-order chi connectivity index (χ0) is 25.7. The second kappa shape index (κ2) is 11.3. The molecule has 0 saturated heterocycles. The number of para-hydroxylation sites is 2. The van der Waals surface area contributed by atoms with Crippen LogP contribution in [0.4, 0.5) is 5.69 Å². The highest BCUT2D eigenvalue weighted by Crippen LogP contribution is 2.45. The maximum Gasteiger partial charge on any atom is 0.247 e. The van der Waals surface area contributed by atoms with Crippen LogP contribution >= 0.6 is 0 Å².